The Labute approximate surface area is 119 Å². The Morgan fingerprint density at radius 3 is 2.42 bits per heavy atom. The van der Waals surface area contributed by atoms with Gasteiger partial charge in [-0.15, -0.1) is 11.3 Å². The molecule has 0 aliphatic carbocycles. The van der Waals surface area contributed by atoms with Crippen molar-refractivity contribution in [1.82, 2.24) is 4.90 Å². The van der Waals surface area contributed by atoms with E-state index in [4.69, 9.17) is 0 Å². The van der Waals surface area contributed by atoms with Crippen molar-refractivity contribution in [3.05, 3.63) is 57.8 Å². The highest BCUT2D eigenvalue weighted by Crippen LogP contribution is 2.18. The minimum Gasteiger partial charge on any atom is -0.392 e. The lowest BCUT2D eigenvalue weighted by atomic mass is 10.2. The highest BCUT2D eigenvalue weighted by Gasteiger charge is 2.11. The topological polar surface area (TPSA) is 23.5 Å². The largest absolute Gasteiger partial charge is 0.392 e. The Hall–Kier alpha value is -1.16. The van der Waals surface area contributed by atoms with Crippen LogP contribution in [0.25, 0.3) is 0 Å². The Kier molecular flexibility index (Phi) is 5.14. The van der Waals surface area contributed by atoms with Crippen LogP contribution in [-0.4, -0.2) is 22.7 Å². The van der Waals surface area contributed by atoms with E-state index in [1.165, 1.54) is 15.3 Å². The van der Waals surface area contributed by atoms with Gasteiger partial charge < -0.3 is 5.11 Å². The van der Waals surface area contributed by atoms with Crippen LogP contribution in [0.5, 0.6) is 0 Å². The minimum atomic E-state index is -0.301. The second-order valence-electron chi connectivity index (χ2n) is 5.02. The molecule has 0 aliphatic rings. The zero-order valence-corrected chi connectivity index (χ0v) is 12.4. The summed E-state index contributed by atoms with van der Waals surface area (Å²) in [6.45, 7) is 6.45. The molecule has 1 unspecified atom stereocenters. The average Bonchev–Trinajstić information content (AvgIpc) is 2.75. The summed E-state index contributed by atoms with van der Waals surface area (Å²) in [5.41, 5.74) is 1.29. The number of rotatable bonds is 6. The Morgan fingerprint density at radius 1 is 1.11 bits per heavy atom. The first-order chi connectivity index (χ1) is 9.13. The van der Waals surface area contributed by atoms with Crippen LogP contribution >= 0.6 is 11.3 Å². The molecule has 1 heterocycles. The summed E-state index contributed by atoms with van der Waals surface area (Å²) < 4.78 is 0. The smallest absolute Gasteiger partial charge is 0.0639 e. The van der Waals surface area contributed by atoms with Gasteiger partial charge in [-0.2, -0.15) is 0 Å². The summed E-state index contributed by atoms with van der Waals surface area (Å²) in [5.74, 6) is 0. The van der Waals surface area contributed by atoms with Gasteiger partial charge in [0.1, 0.15) is 0 Å². The van der Waals surface area contributed by atoms with Crippen LogP contribution in [-0.2, 0) is 13.1 Å². The van der Waals surface area contributed by atoms with Crippen LogP contribution in [0.15, 0.2) is 42.5 Å². The predicted molar refractivity (Wildman–Crippen MR) is 81.3 cm³/mol. The number of hydrogen-bond donors (Lipinski definition) is 1. The van der Waals surface area contributed by atoms with Gasteiger partial charge in [-0.1, -0.05) is 30.3 Å². The van der Waals surface area contributed by atoms with Gasteiger partial charge in [0.05, 0.1) is 6.10 Å². The molecule has 0 bridgehead atoms. The van der Waals surface area contributed by atoms with Crippen LogP contribution in [0.1, 0.15) is 22.2 Å². The molecule has 1 aromatic carbocycles. The number of aliphatic hydroxyl groups is 1. The molecule has 0 saturated heterocycles. The van der Waals surface area contributed by atoms with E-state index in [2.05, 4.69) is 48.2 Å². The van der Waals surface area contributed by atoms with Crippen LogP contribution in [0.2, 0.25) is 0 Å². The van der Waals surface area contributed by atoms with E-state index in [-0.39, 0.29) is 6.10 Å². The zero-order chi connectivity index (χ0) is 13.7. The molecule has 2 rings (SSSR count). The normalized spacial score (nSPS) is 12.8. The lowest BCUT2D eigenvalue weighted by Gasteiger charge is -2.23. The fraction of sp³-hybridized carbons (Fsp3) is 0.375. The van der Waals surface area contributed by atoms with Crippen molar-refractivity contribution >= 4 is 11.3 Å². The molecule has 0 spiro atoms. The summed E-state index contributed by atoms with van der Waals surface area (Å²) in [7, 11) is 0. The number of benzene rings is 1. The van der Waals surface area contributed by atoms with Crippen molar-refractivity contribution in [2.45, 2.75) is 33.0 Å². The molecule has 1 atom stereocenters. The molecule has 102 valence electrons. The first kappa shape index (κ1) is 14.3. The minimum absolute atomic E-state index is 0.301. The fourth-order valence-corrected chi connectivity index (χ4v) is 3.12. The third kappa shape index (κ3) is 4.78. The second-order valence-corrected chi connectivity index (χ2v) is 6.39. The Bertz CT molecular complexity index is 492. The molecule has 2 aromatic rings. The summed E-state index contributed by atoms with van der Waals surface area (Å²) >= 11 is 1.83. The van der Waals surface area contributed by atoms with Crippen molar-refractivity contribution in [3.63, 3.8) is 0 Å². The molecular weight excluding hydrogens is 254 g/mol. The van der Waals surface area contributed by atoms with E-state index >= 15 is 0 Å². The van der Waals surface area contributed by atoms with Crippen molar-refractivity contribution in [2.75, 3.05) is 6.54 Å². The molecule has 1 N–H and O–H groups in total. The van der Waals surface area contributed by atoms with E-state index in [0.717, 1.165) is 13.1 Å². The van der Waals surface area contributed by atoms with Gasteiger partial charge in [0.2, 0.25) is 0 Å². The van der Waals surface area contributed by atoms with Gasteiger partial charge in [0, 0.05) is 29.4 Å². The Balaban J connectivity index is 2.03. The van der Waals surface area contributed by atoms with Gasteiger partial charge >= 0.3 is 0 Å². The third-order valence-electron chi connectivity index (χ3n) is 2.95. The molecule has 0 fully saturated rings. The maximum absolute atomic E-state index is 9.65. The van der Waals surface area contributed by atoms with Gasteiger partial charge in [-0.25, -0.2) is 0 Å². The van der Waals surface area contributed by atoms with Crippen molar-refractivity contribution in [1.29, 1.82) is 0 Å². The zero-order valence-electron chi connectivity index (χ0n) is 11.5. The first-order valence-corrected chi connectivity index (χ1v) is 7.45. The van der Waals surface area contributed by atoms with Crippen LogP contribution in [0.4, 0.5) is 0 Å². The second kappa shape index (κ2) is 6.85. The lowest BCUT2D eigenvalue weighted by molar-refractivity contribution is 0.119. The summed E-state index contributed by atoms with van der Waals surface area (Å²) in [6.07, 6.45) is -0.301. The molecule has 1 aromatic heterocycles. The molecule has 0 amide bonds. The third-order valence-corrected chi connectivity index (χ3v) is 3.93. The maximum Gasteiger partial charge on any atom is 0.0639 e. The van der Waals surface area contributed by atoms with E-state index in [9.17, 15) is 5.11 Å². The molecule has 2 nitrogen and oxygen atoms in total. The van der Waals surface area contributed by atoms with Gasteiger partial charge in [0.25, 0.3) is 0 Å². The summed E-state index contributed by atoms with van der Waals surface area (Å²) in [6, 6.07) is 14.8. The van der Waals surface area contributed by atoms with Crippen LogP contribution in [0.3, 0.4) is 0 Å². The van der Waals surface area contributed by atoms with Crippen LogP contribution < -0.4 is 0 Å². The van der Waals surface area contributed by atoms with Crippen molar-refractivity contribution in [3.8, 4) is 0 Å². The Morgan fingerprint density at radius 2 is 1.84 bits per heavy atom. The SMILES string of the molecule is Cc1ccc(CN(Cc2ccccc2)CC(C)O)s1. The summed E-state index contributed by atoms with van der Waals surface area (Å²) in [5, 5.41) is 9.65. The van der Waals surface area contributed by atoms with Crippen molar-refractivity contribution < 1.29 is 5.11 Å². The van der Waals surface area contributed by atoms with E-state index in [1.807, 2.05) is 24.3 Å². The van der Waals surface area contributed by atoms with Crippen molar-refractivity contribution in [2.24, 2.45) is 0 Å². The van der Waals surface area contributed by atoms with E-state index in [0.29, 0.717) is 6.54 Å². The number of nitrogens with zero attached hydrogens (tertiary/aromatic N) is 1. The number of aliphatic hydroxyl groups excluding tert-OH is 1. The maximum atomic E-state index is 9.65. The fourth-order valence-electron chi connectivity index (χ4n) is 2.19. The van der Waals surface area contributed by atoms with E-state index in [1.54, 1.807) is 0 Å². The number of thiophene rings is 1. The highest BCUT2D eigenvalue weighted by molar-refractivity contribution is 7.11. The summed E-state index contributed by atoms with van der Waals surface area (Å²) in [4.78, 5) is 4.99. The molecule has 0 saturated carbocycles. The molecule has 0 aliphatic heterocycles. The lowest BCUT2D eigenvalue weighted by Crippen LogP contribution is -2.29. The number of aryl methyl sites for hydroxylation is 1. The monoisotopic (exact) mass is 275 g/mol. The molecular formula is C16H21NOS. The molecule has 3 heteroatoms. The van der Waals surface area contributed by atoms with Gasteiger partial charge in [0.15, 0.2) is 0 Å². The first-order valence-electron chi connectivity index (χ1n) is 6.63. The standard InChI is InChI=1S/C16H21NOS/c1-13(18)10-17(11-15-6-4-3-5-7-15)12-16-9-8-14(2)19-16/h3-9,13,18H,10-12H2,1-2H3. The molecule has 19 heavy (non-hydrogen) atoms. The van der Waals surface area contributed by atoms with E-state index < -0.39 is 0 Å². The predicted octanol–water partition coefficient (Wildman–Crippen LogP) is 3.44. The highest BCUT2D eigenvalue weighted by atomic mass is 32.1. The quantitative estimate of drug-likeness (QED) is 0.873. The number of hydrogen-bond acceptors (Lipinski definition) is 3. The van der Waals surface area contributed by atoms with Gasteiger partial charge in [-0.3, -0.25) is 4.90 Å². The molecule has 0 radical (unpaired) electrons. The average molecular weight is 275 g/mol. The van der Waals surface area contributed by atoms with Gasteiger partial charge in [-0.05, 0) is 31.5 Å². The van der Waals surface area contributed by atoms with Crippen LogP contribution in [0, 0.1) is 6.92 Å².